The summed E-state index contributed by atoms with van der Waals surface area (Å²) in [5, 5.41) is 6.23. The molecule has 3 rings (SSSR count). The zero-order valence-corrected chi connectivity index (χ0v) is 13.6. The van der Waals surface area contributed by atoms with Gasteiger partial charge in [0.25, 0.3) is 0 Å². The second-order valence-electron chi connectivity index (χ2n) is 4.68. The van der Waals surface area contributed by atoms with Crippen LogP contribution in [0.2, 0.25) is 0 Å². The molecule has 0 unspecified atom stereocenters. The molecule has 0 aliphatic carbocycles. The predicted octanol–water partition coefficient (Wildman–Crippen LogP) is 4.72. The van der Waals surface area contributed by atoms with Crippen molar-refractivity contribution in [1.82, 2.24) is 9.97 Å². The highest BCUT2D eigenvalue weighted by Gasteiger charge is 2.09. The van der Waals surface area contributed by atoms with E-state index in [1.165, 1.54) is 0 Å². The van der Waals surface area contributed by atoms with E-state index < -0.39 is 0 Å². The van der Waals surface area contributed by atoms with E-state index in [0.29, 0.717) is 6.61 Å². The summed E-state index contributed by atoms with van der Waals surface area (Å²) >= 11 is 3.31. The van der Waals surface area contributed by atoms with Crippen molar-refractivity contribution in [2.45, 2.75) is 26.9 Å². The second kappa shape index (κ2) is 6.37. The molecule has 3 aromatic rings. The van der Waals surface area contributed by atoms with Gasteiger partial charge < -0.3 is 4.74 Å². The molecule has 108 valence electrons. The molecule has 2 aromatic heterocycles. The van der Waals surface area contributed by atoms with Crippen molar-refractivity contribution in [3.05, 3.63) is 51.3 Å². The number of thiazole rings is 2. The first-order chi connectivity index (χ1) is 10.3. The van der Waals surface area contributed by atoms with Gasteiger partial charge in [0, 0.05) is 10.8 Å². The number of aromatic nitrogens is 2. The molecular weight excluding hydrogens is 300 g/mol. The lowest BCUT2D eigenvalue weighted by molar-refractivity contribution is 0.300. The molecule has 2 heterocycles. The zero-order chi connectivity index (χ0) is 14.7. The average molecular weight is 316 g/mol. The minimum atomic E-state index is 0.492. The van der Waals surface area contributed by atoms with E-state index in [1.807, 2.05) is 36.6 Å². The Morgan fingerprint density at radius 2 is 1.95 bits per heavy atom. The van der Waals surface area contributed by atoms with Crippen molar-refractivity contribution in [2.24, 2.45) is 0 Å². The van der Waals surface area contributed by atoms with Crippen molar-refractivity contribution < 1.29 is 4.74 Å². The Balaban J connectivity index is 1.69. The van der Waals surface area contributed by atoms with Crippen LogP contribution < -0.4 is 4.74 Å². The highest BCUT2D eigenvalue weighted by molar-refractivity contribution is 7.14. The van der Waals surface area contributed by atoms with Gasteiger partial charge in [-0.2, -0.15) is 0 Å². The zero-order valence-electron chi connectivity index (χ0n) is 12.0. The van der Waals surface area contributed by atoms with Crippen molar-refractivity contribution in [3.63, 3.8) is 0 Å². The molecular formula is C16H16N2OS2. The minimum absolute atomic E-state index is 0.492. The lowest BCUT2D eigenvalue weighted by Crippen LogP contribution is -1.97. The van der Waals surface area contributed by atoms with Crippen molar-refractivity contribution >= 4 is 22.7 Å². The van der Waals surface area contributed by atoms with Crippen molar-refractivity contribution in [2.75, 3.05) is 0 Å². The standard InChI is InChI=1S/C16H16N2OS2/c1-3-15-18-13(10-20-15)16-17-12(9-21-16)8-19-14-7-5-4-6-11(14)2/h4-7,9-10H,3,8H2,1-2H3. The maximum Gasteiger partial charge on any atom is 0.143 e. The van der Waals surface area contributed by atoms with Gasteiger partial charge >= 0.3 is 0 Å². The van der Waals surface area contributed by atoms with Crippen LogP contribution in [-0.4, -0.2) is 9.97 Å². The highest BCUT2D eigenvalue weighted by Crippen LogP contribution is 2.26. The lowest BCUT2D eigenvalue weighted by atomic mass is 10.2. The summed E-state index contributed by atoms with van der Waals surface area (Å²) in [6.45, 7) is 4.65. The fourth-order valence-electron chi connectivity index (χ4n) is 1.93. The van der Waals surface area contributed by atoms with Crippen LogP contribution in [0.15, 0.2) is 35.0 Å². The molecule has 0 atom stereocenters. The molecule has 0 saturated heterocycles. The topological polar surface area (TPSA) is 35.0 Å². The smallest absolute Gasteiger partial charge is 0.143 e. The monoisotopic (exact) mass is 316 g/mol. The fraction of sp³-hybridized carbons (Fsp3) is 0.250. The Hall–Kier alpha value is -1.72. The number of rotatable bonds is 5. The Bertz CT molecular complexity index is 733. The third-order valence-electron chi connectivity index (χ3n) is 3.09. The number of hydrogen-bond donors (Lipinski definition) is 0. The minimum Gasteiger partial charge on any atom is -0.487 e. The first kappa shape index (κ1) is 14.2. The molecule has 5 heteroatoms. The summed E-state index contributed by atoms with van der Waals surface area (Å²) in [4.78, 5) is 9.18. The first-order valence-electron chi connectivity index (χ1n) is 6.84. The maximum absolute atomic E-state index is 5.82. The van der Waals surface area contributed by atoms with Crippen molar-refractivity contribution in [1.29, 1.82) is 0 Å². The molecule has 0 aliphatic rings. The number of benzene rings is 1. The number of hydrogen-bond acceptors (Lipinski definition) is 5. The van der Waals surface area contributed by atoms with E-state index in [1.54, 1.807) is 22.7 Å². The summed E-state index contributed by atoms with van der Waals surface area (Å²) in [6, 6.07) is 8.02. The summed E-state index contributed by atoms with van der Waals surface area (Å²) in [5.74, 6) is 0.911. The lowest BCUT2D eigenvalue weighted by Gasteiger charge is -2.06. The highest BCUT2D eigenvalue weighted by atomic mass is 32.1. The molecule has 0 spiro atoms. The molecule has 0 bridgehead atoms. The van der Waals surface area contributed by atoms with Gasteiger partial charge in [-0.3, -0.25) is 0 Å². The molecule has 0 amide bonds. The Kier molecular flexibility index (Phi) is 4.31. The van der Waals surface area contributed by atoms with E-state index in [4.69, 9.17) is 4.74 Å². The number of ether oxygens (including phenoxy) is 1. The third kappa shape index (κ3) is 3.31. The average Bonchev–Trinajstić information content (AvgIpc) is 3.15. The number of nitrogens with zero attached hydrogens (tertiary/aromatic N) is 2. The van der Waals surface area contributed by atoms with Gasteiger partial charge in [0.15, 0.2) is 0 Å². The Morgan fingerprint density at radius 1 is 1.10 bits per heavy atom. The van der Waals surface area contributed by atoms with Crippen LogP contribution in [0.4, 0.5) is 0 Å². The SMILES string of the molecule is CCc1nc(-c2nc(COc3ccccc3C)cs2)cs1. The summed E-state index contributed by atoms with van der Waals surface area (Å²) < 4.78 is 5.82. The quantitative estimate of drug-likeness (QED) is 0.683. The van der Waals surface area contributed by atoms with E-state index in [2.05, 4.69) is 22.3 Å². The van der Waals surface area contributed by atoms with Gasteiger partial charge in [-0.25, -0.2) is 9.97 Å². The van der Waals surface area contributed by atoms with Gasteiger partial charge in [-0.15, -0.1) is 22.7 Å². The molecule has 21 heavy (non-hydrogen) atoms. The van der Waals surface area contributed by atoms with E-state index in [-0.39, 0.29) is 0 Å². The van der Waals surface area contributed by atoms with Gasteiger partial charge in [0.2, 0.25) is 0 Å². The van der Waals surface area contributed by atoms with Crippen LogP contribution in [0.5, 0.6) is 5.75 Å². The summed E-state index contributed by atoms with van der Waals surface area (Å²) in [6.07, 6.45) is 0.972. The molecule has 0 saturated carbocycles. The van der Waals surface area contributed by atoms with E-state index >= 15 is 0 Å². The summed E-state index contributed by atoms with van der Waals surface area (Å²) in [7, 11) is 0. The van der Waals surface area contributed by atoms with E-state index in [9.17, 15) is 0 Å². The Morgan fingerprint density at radius 3 is 2.71 bits per heavy atom. The number of para-hydroxylation sites is 1. The molecule has 0 fully saturated rings. The first-order valence-corrected chi connectivity index (χ1v) is 8.60. The third-order valence-corrected chi connectivity index (χ3v) is 5.00. The molecule has 0 aliphatic heterocycles. The van der Waals surface area contributed by atoms with Crippen LogP contribution in [0.1, 0.15) is 23.2 Å². The van der Waals surface area contributed by atoms with Crippen LogP contribution in [0, 0.1) is 6.92 Å². The normalized spacial score (nSPS) is 10.8. The summed E-state index contributed by atoms with van der Waals surface area (Å²) in [5.41, 5.74) is 3.06. The Labute approximate surface area is 132 Å². The van der Waals surface area contributed by atoms with Crippen LogP contribution in [0.3, 0.4) is 0 Å². The van der Waals surface area contributed by atoms with Crippen LogP contribution in [-0.2, 0) is 13.0 Å². The molecule has 3 nitrogen and oxygen atoms in total. The van der Waals surface area contributed by atoms with Gasteiger partial charge in [-0.1, -0.05) is 25.1 Å². The van der Waals surface area contributed by atoms with Gasteiger partial charge in [-0.05, 0) is 25.0 Å². The van der Waals surface area contributed by atoms with E-state index in [0.717, 1.165) is 39.1 Å². The molecule has 1 aromatic carbocycles. The maximum atomic E-state index is 5.82. The number of aryl methyl sites for hydroxylation is 2. The largest absolute Gasteiger partial charge is 0.487 e. The fourth-order valence-corrected chi connectivity index (χ4v) is 3.50. The second-order valence-corrected chi connectivity index (χ2v) is 6.48. The molecule has 0 N–H and O–H groups in total. The predicted molar refractivity (Wildman–Crippen MR) is 88.1 cm³/mol. The van der Waals surface area contributed by atoms with Gasteiger partial charge in [0.05, 0.1) is 10.7 Å². The van der Waals surface area contributed by atoms with Crippen LogP contribution in [0.25, 0.3) is 10.7 Å². The van der Waals surface area contributed by atoms with Crippen molar-refractivity contribution in [3.8, 4) is 16.5 Å². The van der Waals surface area contributed by atoms with Crippen LogP contribution >= 0.6 is 22.7 Å². The van der Waals surface area contributed by atoms with Gasteiger partial charge in [0.1, 0.15) is 23.1 Å². The molecule has 0 radical (unpaired) electrons.